The molecule has 1 saturated heterocycles. The van der Waals surface area contributed by atoms with E-state index < -0.39 is 18.4 Å². The van der Waals surface area contributed by atoms with E-state index in [1.807, 2.05) is 13.8 Å². The Hall–Kier alpha value is -0.840. The van der Waals surface area contributed by atoms with Crippen LogP contribution >= 0.6 is 0 Å². The zero-order chi connectivity index (χ0) is 11.4. The number of hydrogen-bond acceptors (Lipinski definition) is 3. The number of ether oxygens (including phenoxy) is 2. The Morgan fingerprint density at radius 1 is 1.53 bits per heavy atom. The van der Waals surface area contributed by atoms with Crippen LogP contribution in [0, 0.1) is 0 Å². The Balaban J connectivity index is 2.44. The SMILES string of the molecule is COC(=O)N1CC[C@H](OC(C)C)[C@H](F)C1. The number of amides is 1. The van der Waals surface area contributed by atoms with Crippen molar-refractivity contribution >= 4 is 6.09 Å². The van der Waals surface area contributed by atoms with Gasteiger partial charge in [-0.3, -0.25) is 0 Å². The molecule has 1 aliphatic heterocycles. The van der Waals surface area contributed by atoms with E-state index in [1.54, 1.807) is 0 Å². The third-order valence-electron chi connectivity index (χ3n) is 2.36. The van der Waals surface area contributed by atoms with E-state index in [0.29, 0.717) is 13.0 Å². The largest absolute Gasteiger partial charge is 0.453 e. The van der Waals surface area contributed by atoms with Gasteiger partial charge in [-0.15, -0.1) is 0 Å². The highest BCUT2D eigenvalue weighted by atomic mass is 19.1. The molecule has 1 fully saturated rings. The van der Waals surface area contributed by atoms with Crippen LogP contribution in [0.2, 0.25) is 0 Å². The van der Waals surface area contributed by atoms with Gasteiger partial charge >= 0.3 is 6.09 Å². The van der Waals surface area contributed by atoms with E-state index in [-0.39, 0.29) is 12.6 Å². The fourth-order valence-corrected chi connectivity index (χ4v) is 1.68. The van der Waals surface area contributed by atoms with Gasteiger partial charge in [0.25, 0.3) is 0 Å². The summed E-state index contributed by atoms with van der Waals surface area (Å²) in [6.07, 6.45) is -1.46. The maximum absolute atomic E-state index is 13.6. The van der Waals surface area contributed by atoms with Crippen LogP contribution in [0.15, 0.2) is 0 Å². The molecule has 0 aromatic carbocycles. The molecule has 1 amide bonds. The molecular formula is C10H18FNO3. The summed E-state index contributed by atoms with van der Waals surface area (Å²) in [5, 5.41) is 0. The first-order valence-corrected chi connectivity index (χ1v) is 5.17. The van der Waals surface area contributed by atoms with Crippen molar-refractivity contribution in [3.05, 3.63) is 0 Å². The highest BCUT2D eigenvalue weighted by Crippen LogP contribution is 2.19. The van der Waals surface area contributed by atoms with Crippen LogP contribution in [0.3, 0.4) is 0 Å². The molecule has 0 N–H and O–H groups in total. The Bertz CT molecular complexity index is 223. The first kappa shape index (κ1) is 12.2. The summed E-state index contributed by atoms with van der Waals surface area (Å²) in [4.78, 5) is 12.5. The van der Waals surface area contributed by atoms with Crippen molar-refractivity contribution in [3.8, 4) is 0 Å². The number of carbonyl (C=O) groups is 1. The molecule has 0 aromatic rings. The van der Waals surface area contributed by atoms with Gasteiger partial charge < -0.3 is 14.4 Å². The van der Waals surface area contributed by atoms with Gasteiger partial charge in [0.2, 0.25) is 0 Å². The minimum absolute atomic E-state index is 0.0120. The van der Waals surface area contributed by atoms with Crippen LogP contribution in [0.1, 0.15) is 20.3 Å². The lowest BCUT2D eigenvalue weighted by Gasteiger charge is -2.34. The van der Waals surface area contributed by atoms with E-state index in [4.69, 9.17) is 4.74 Å². The number of halogens is 1. The van der Waals surface area contributed by atoms with Crippen molar-refractivity contribution in [2.75, 3.05) is 20.2 Å². The maximum Gasteiger partial charge on any atom is 0.409 e. The van der Waals surface area contributed by atoms with Gasteiger partial charge in [0.15, 0.2) is 0 Å². The molecule has 0 aromatic heterocycles. The minimum atomic E-state index is -1.12. The molecule has 1 rings (SSSR count). The first-order chi connectivity index (χ1) is 7.04. The van der Waals surface area contributed by atoms with Crippen molar-refractivity contribution in [1.29, 1.82) is 0 Å². The van der Waals surface area contributed by atoms with E-state index in [0.717, 1.165) is 0 Å². The fraction of sp³-hybridized carbons (Fsp3) is 0.900. The Morgan fingerprint density at radius 3 is 2.67 bits per heavy atom. The number of alkyl halides is 1. The van der Waals surface area contributed by atoms with Crippen LogP contribution in [0.4, 0.5) is 9.18 Å². The van der Waals surface area contributed by atoms with Gasteiger partial charge in [0.1, 0.15) is 6.17 Å². The zero-order valence-electron chi connectivity index (χ0n) is 9.40. The predicted molar refractivity (Wildman–Crippen MR) is 53.5 cm³/mol. The smallest absolute Gasteiger partial charge is 0.409 e. The predicted octanol–water partition coefficient (Wildman–Crippen LogP) is 1.59. The molecule has 4 nitrogen and oxygen atoms in total. The second-order valence-electron chi connectivity index (χ2n) is 3.94. The molecule has 5 heteroatoms. The van der Waals surface area contributed by atoms with Gasteiger partial charge in [0, 0.05) is 6.54 Å². The highest BCUT2D eigenvalue weighted by Gasteiger charge is 2.32. The Morgan fingerprint density at radius 2 is 2.20 bits per heavy atom. The first-order valence-electron chi connectivity index (χ1n) is 5.17. The number of hydrogen-bond donors (Lipinski definition) is 0. The lowest BCUT2D eigenvalue weighted by Crippen LogP contribution is -2.48. The molecule has 2 atom stereocenters. The van der Waals surface area contributed by atoms with Crippen molar-refractivity contribution in [3.63, 3.8) is 0 Å². The topological polar surface area (TPSA) is 38.8 Å². The average Bonchev–Trinajstić information content (AvgIpc) is 2.19. The lowest BCUT2D eigenvalue weighted by atomic mass is 10.1. The molecule has 88 valence electrons. The summed E-state index contributed by atoms with van der Waals surface area (Å²) in [7, 11) is 1.30. The van der Waals surface area contributed by atoms with E-state index >= 15 is 0 Å². The summed E-state index contributed by atoms with van der Waals surface area (Å²) >= 11 is 0. The highest BCUT2D eigenvalue weighted by molar-refractivity contribution is 5.67. The van der Waals surface area contributed by atoms with Crippen LogP contribution in [-0.2, 0) is 9.47 Å². The Kier molecular flexibility index (Phi) is 4.32. The second-order valence-corrected chi connectivity index (χ2v) is 3.94. The molecule has 0 bridgehead atoms. The van der Waals surface area contributed by atoms with Crippen LogP contribution in [0.25, 0.3) is 0 Å². The standard InChI is InChI=1S/C10H18FNO3/c1-7(2)15-9-4-5-12(6-8(9)11)10(13)14-3/h7-9H,4-6H2,1-3H3/t8-,9+/m1/s1. The summed E-state index contributed by atoms with van der Waals surface area (Å²) in [6, 6.07) is 0. The number of nitrogens with zero attached hydrogens (tertiary/aromatic N) is 1. The van der Waals surface area contributed by atoms with E-state index in [9.17, 15) is 9.18 Å². The van der Waals surface area contributed by atoms with Crippen molar-refractivity contribution < 1.29 is 18.7 Å². The monoisotopic (exact) mass is 219 g/mol. The molecule has 15 heavy (non-hydrogen) atoms. The number of piperidine rings is 1. The summed E-state index contributed by atoms with van der Waals surface area (Å²) < 4.78 is 23.5. The van der Waals surface area contributed by atoms with Gasteiger partial charge in [0.05, 0.1) is 25.9 Å². The second kappa shape index (κ2) is 5.30. The number of methoxy groups -OCH3 is 1. The summed E-state index contributed by atoms with van der Waals surface area (Å²) in [5.74, 6) is 0. The molecule has 0 radical (unpaired) electrons. The van der Waals surface area contributed by atoms with E-state index in [1.165, 1.54) is 12.0 Å². The van der Waals surface area contributed by atoms with Crippen LogP contribution in [-0.4, -0.2) is 49.6 Å². The Labute approximate surface area is 89.3 Å². The van der Waals surface area contributed by atoms with Gasteiger partial charge in [-0.05, 0) is 20.3 Å². The maximum atomic E-state index is 13.6. The van der Waals surface area contributed by atoms with Crippen LogP contribution < -0.4 is 0 Å². The average molecular weight is 219 g/mol. The minimum Gasteiger partial charge on any atom is -0.453 e. The third-order valence-corrected chi connectivity index (χ3v) is 2.36. The molecule has 1 aliphatic rings. The summed E-state index contributed by atoms with van der Waals surface area (Å²) in [5.41, 5.74) is 0. The molecule has 0 spiro atoms. The number of likely N-dealkylation sites (tertiary alicyclic amines) is 1. The molecule has 0 unspecified atom stereocenters. The van der Waals surface area contributed by atoms with Crippen molar-refractivity contribution in [2.45, 2.75) is 38.6 Å². The van der Waals surface area contributed by atoms with Gasteiger partial charge in [-0.25, -0.2) is 9.18 Å². The van der Waals surface area contributed by atoms with Crippen LogP contribution in [0.5, 0.6) is 0 Å². The van der Waals surface area contributed by atoms with E-state index in [2.05, 4.69) is 4.74 Å². The zero-order valence-corrected chi connectivity index (χ0v) is 9.40. The normalized spacial score (nSPS) is 26.9. The van der Waals surface area contributed by atoms with Gasteiger partial charge in [-0.2, -0.15) is 0 Å². The van der Waals surface area contributed by atoms with Gasteiger partial charge in [-0.1, -0.05) is 0 Å². The third kappa shape index (κ3) is 3.34. The van der Waals surface area contributed by atoms with Crippen molar-refractivity contribution in [1.82, 2.24) is 4.90 Å². The molecule has 1 heterocycles. The van der Waals surface area contributed by atoms with Crippen molar-refractivity contribution in [2.24, 2.45) is 0 Å². The lowest BCUT2D eigenvalue weighted by molar-refractivity contribution is -0.0683. The number of carbonyl (C=O) groups excluding carboxylic acids is 1. The number of rotatable bonds is 2. The fourth-order valence-electron chi connectivity index (χ4n) is 1.68. The summed E-state index contributed by atoms with van der Waals surface area (Å²) in [6.45, 7) is 4.30. The quantitative estimate of drug-likeness (QED) is 0.708. The molecule has 0 saturated carbocycles. The molecule has 0 aliphatic carbocycles. The molecular weight excluding hydrogens is 201 g/mol.